The number of rotatable bonds is 9. The van der Waals surface area contributed by atoms with Crippen LogP contribution >= 0.6 is 0 Å². The molecule has 0 amide bonds. The first-order valence-corrected chi connectivity index (χ1v) is 9.36. The van der Waals surface area contributed by atoms with Crippen LogP contribution in [0.3, 0.4) is 0 Å². The Morgan fingerprint density at radius 2 is 1.75 bits per heavy atom. The van der Waals surface area contributed by atoms with E-state index >= 15 is 0 Å². The topological polar surface area (TPSA) is 9.23 Å². The molecule has 0 bridgehead atoms. The van der Waals surface area contributed by atoms with Crippen molar-refractivity contribution in [1.82, 2.24) is 0 Å². The molecule has 1 nitrogen and oxygen atoms in total. The Bertz CT molecular complexity index is 144. The SMILES string of the molecule is CCCCCCCCC[SiH2]C1CCCCO1. The van der Waals surface area contributed by atoms with Crippen LogP contribution in [-0.2, 0) is 4.74 Å². The predicted octanol–water partition coefficient (Wildman–Crippen LogP) is 3.85. The molecule has 1 aliphatic heterocycles. The van der Waals surface area contributed by atoms with Crippen molar-refractivity contribution < 1.29 is 4.74 Å². The van der Waals surface area contributed by atoms with Crippen LogP contribution < -0.4 is 0 Å². The first-order chi connectivity index (χ1) is 7.93. The molecule has 2 heteroatoms. The zero-order valence-corrected chi connectivity index (χ0v) is 12.6. The minimum atomic E-state index is 0.0995. The monoisotopic (exact) mass is 242 g/mol. The summed E-state index contributed by atoms with van der Waals surface area (Å²) < 4.78 is 5.80. The van der Waals surface area contributed by atoms with Gasteiger partial charge >= 0.3 is 0 Å². The summed E-state index contributed by atoms with van der Waals surface area (Å²) in [7, 11) is 0.0995. The lowest BCUT2D eigenvalue weighted by Gasteiger charge is -2.22. The van der Waals surface area contributed by atoms with Crippen LogP contribution in [0.25, 0.3) is 0 Å². The van der Waals surface area contributed by atoms with Crippen molar-refractivity contribution in [2.45, 2.75) is 82.9 Å². The van der Waals surface area contributed by atoms with Crippen LogP contribution in [-0.4, -0.2) is 21.9 Å². The van der Waals surface area contributed by atoms with Gasteiger partial charge in [0.1, 0.15) is 0 Å². The molecule has 96 valence electrons. The second kappa shape index (κ2) is 10.3. The summed E-state index contributed by atoms with van der Waals surface area (Å²) in [6.07, 6.45) is 14.3. The van der Waals surface area contributed by atoms with Gasteiger partial charge < -0.3 is 4.74 Å². The van der Waals surface area contributed by atoms with Gasteiger partial charge in [-0.25, -0.2) is 0 Å². The van der Waals surface area contributed by atoms with E-state index in [0.29, 0.717) is 0 Å². The summed E-state index contributed by atoms with van der Waals surface area (Å²) in [5.41, 5.74) is 0.744. The van der Waals surface area contributed by atoms with Crippen molar-refractivity contribution in [2.75, 3.05) is 6.61 Å². The van der Waals surface area contributed by atoms with Crippen LogP contribution in [0.5, 0.6) is 0 Å². The van der Waals surface area contributed by atoms with Crippen molar-refractivity contribution >= 4 is 9.52 Å². The molecule has 0 saturated carbocycles. The molecule has 1 aliphatic rings. The molecule has 16 heavy (non-hydrogen) atoms. The van der Waals surface area contributed by atoms with Crippen LogP contribution in [0.1, 0.15) is 71.1 Å². The van der Waals surface area contributed by atoms with E-state index in [1.165, 1.54) is 70.3 Å². The molecule has 0 N–H and O–H groups in total. The zero-order valence-electron chi connectivity index (χ0n) is 11.2. The van der Waals surface area contributed by atoms with E-state index in [1.807, 2.05) is 0 Å². The standard InChI is InChI=1S/C14H30OSi/c1-2-3-4-5-6-7-10-13-16-14-11-8-9-12-15-14/h14H,2-13,16H2,1H3. The molecule has 1 unspecified atom stereocenters. The van der Waals surface area contributed by atoms with E-state index in [0.717, 1.165) is 12.3 Å². The smallest absolute Gasteiger partial charge is 0.0555 e. The lowest BCUT2D eigenvalue weighted by atomic mass is 10.1. The number of ether oxygens (including phenoxy) is 1. The van der Waals surface area contributed by atoms with E-state index < -0.39 is 0 Å². The predicted molar refractivity (Wildman–Crippen MR) is 74.9 cm³/mol. The number of hydrogen-bond donors (Lipinski definition) is 0. The third-order valence-corrected chi connectivity index (χ3v) is 5.85. The molecule has 1 saturated heterocycles. The molecule has 0 spiro atoms. The fourth-order valence-electron chi connectivity index (χ4n) is 2.54. The fraction of sp³-hybridized carbons (Fsp3) is 1.00. The maximum Gasteiger partial charge on any atom is 0.0555 e. The molecule has 0 aromatic heterocycles. The Kier molecular flexibility index (Phi) is 9.20. The van der Waals surface area contributed by atoms with Gasteiger partial charge in [-0.3, -0.25) is 0 Å². The second-order valence-corrected chi connectivity index (χ2v) is 7.45. The first-order valence-electron chi connectivity index (χ1n) is 7.55. The second-order valence-electron chi connectivity index (χ2n) is 5.25. The number of hydrogen-bond acceptors (Lipinski definition) is 1. The first kappa shape index (κ1) is 14.2. The summed E-state index contributed by atoms with van der Waals surface area (Å²) in [5, 5.41) is 0. The third kappa shape index (κ3) is 7.45. The molecule has 0 aromatic carbocycles. The summed E-state index contributed by atoms with van der Waals surface area (Å²) >= 11 is 0. The number of unbranched alkanes of at least 4 members (excludes halogenated alkanes) is 6. The van der Waals surface area contributed by atoms with Crippen LogP contribution in [0.4, 0.5) is 0 Å². The Morgan fingerprint density at radius 3 is 2.44 bits per heavy atom. The van der Waals surface area contributed by atoms with Crippen molar-refractivity contribution in [3.8, 4) is 0 Å². The van der Waals surface area contributed by atoms with Gasteiger partial charge in [0.2, 0.25) is 0 Å². The lowest BCUT2D eigenvalue weighted by Crippen LogP contribution is -2.25. The summed E-state index contributed by atoms with van der Waals surface area (Å²) in [5.74, 6) is 0. The van der Waals surface area contributed by atoms with E-state index in [4.69, 9.17) is 4.74 Å². The largest absolute Gasteiger partial charge is 0.382 e. The molecule has 0 aliphatic carbocycles. The molecule has 0 aromatic rings. The average molecular weight is 242 g/mol. The van der Waals surface area contributed by atoms with Crippen molar-refractivity contribution in [3.63, 3.8) is 0 Å². The van der Waals surface area contributed by atoms with Crippen molar-refractivity contribution in [3.05, 3.63) is 0 Å². The Morgan fingerprint density at radius 1 is 1.00 bits per heavy atom. The summed E-state index contributed by atoms with van der Waals surface area (Å²) in [6, 6.07) is 1.53. The highest BCUT2D eigenvalue weighted by Gasteiger charge is 2.12. The molecular formula is C14H30OSi. The van der Waals surface area contributed by atoms with E-state index in [1.54, 1.807) is 0 Å². The van der Waals surface area contributed by atoms with Gasteiger partial charge in [0.25, 0.3) is 0 Å². The van der Waals surface area contributed by atoms with Gasteiger partial charge in [-0.05, 0) is 19.3 Å². The van der Waals surface area contributed by atoms with Gasteiger partial charge in [-0.1, -0.05) is 57.9 Å². The maximum absolute atomic E-state index is 5.80. The molecule has 1 rings (SSSR count). The van der Waals surface area contributed by atoms with Crippen LogP contribution in [0, 0.1) is 0 Å². The maximum atomic E-state index is 5.80. The van der Waals surface area contributed by atoms with Gasteiger partial charge in [0.05, 0.1) is 9.52 Å². The van der Waals surface area contributed by atoms with Crippen LogP contribution in [0.15, 0.2) is 0 Å². The van der Waals surface area contributed by atoms with E-state index in [9.17, 15) is 0 Å². The zero-order chi connectivity index (χ0) is 11.5. The Labute approximate surface area is 104 Å². The molecule has 1 heterocycles. The lowest BCUT2D eigenvalue weighted by molar-refractivity contribution is 0.0649. The minimum absolute atomic E-state index is 0.0995. The van der Waals surface area contributed by atoms with Crippen LogP contribution in [0.2, 0.25) is 6.04 Å². The van der Waals surface area contributed by atoms with Crippen molar-refractivity contribution in [2.24, 2.45) is 0 Å². The highest BCUT2D eigenvalue weighted by atomic mass is 28.2. The van der Waals surface area contributed by atoms with Gasteiger partial charge in [0.15, 0.2) is 0 Å². The Hall–Kier alpha value is 0.177. The molecule has 1 atom stereocenters. The highest BCUT2D eigenvalue weighted by molar-refractivity contribution is 6.37. The van der Waals surface area contributed by atoms with Crippen molar-refractivity contribution in [1.29, 1.82) is 0 Å². The highest BCUT2D eigenvalue weighted by Crippen LogP contribution is 2.14. The summed E-state index contributed by atoms with van der Waals surface area (Å²) in [6.45, 7) is 3.34. The minimum Gasteiger partial charge on any atom is -0.382 e. The quantitative estimate of drug-likeness (QED) is 0.441. The summed E-state index contributed by atoms with van der Waals surface area (Å²) in [4.78, 5) is 0. The van der Waals surface area contributed by atoms with E-state index in [-0.39, 0.29) is 9.52 Å². The third-order valence-electron chi connectivity index (χ3n) is 3.65. The van der Waals surface area contributed by atoms with Gasteiger partial charge in [-0.2, -0.15) is 0 Å². The molecule has 1 fully saturated rings. The van der Waals surface area contributed by atoms with E-state index in [2.05, 4.69) is 6.92 Å². The average Bonchev–Trinajstić information content (AvgIpc) is 2.34. The molecule has 0 radical (unpaired) electrons. The van der Waals surface area contributed by atoms with Gasteiger partial charge in [-0.15, -0.1) is 0 Å². The Balaban J connectivity index is 1.77. The normalized spacial score (nSPS) is 21.9. The molecular weight excluding hydrogens is 212 g/mol. The fourth-order valence-corrected chi connectivity index (χ4v) is 4.55. The van der Waals surface area contributed by atoms with Gasteiger partial charge in [0, 0.05) is 12.3 Å².